The number of rotatable bonds is 9. The van der Waals surface area contributed by atoms with Gasteiger partial charge in [-0.15, -0.1) is 0 Å². The van der Waals surface area contributed by atoms with Gasteiger partial charge in [-0.25, -0.2) is 0 Å². The zero-order chi connectivity index (χ0) is 27.1. The van der Waals surface area contributed by atoms with Gasteiger partial charge in [-0.2, -0.15) is 0 Å². The predicted molar refractivity (Wildman–Crippen MR) is 149 cm³/mol. The van der Waals surface area contributed by atoms with Gasteiger partial charge in [0.1, 0.15) is 11.8 Å². The number of hydrogen-bond donors (Lipinski definition) is 2. The summed E-state index contributed by atoms with van der Waals surface area (Å²) in [5.74, 6) is 1.13. The number of piperidine rings is 1. The molecule has 1 aliphatic carbocycles. The number of hydrogen-bond acceptors (Lipinski definition) is 6. The smallest absolute Gasteiger partial charge is 0.256 e. The third kappa shape index (κ3) is 7.32. The van der Waals surface area contributed by atoms with Crippen molar-refractivity contribution in [2.75, 3.05) is 20.2 Å². The Bertz CT molecular complexity index is 1040. The van der Waals surface area contributed by atoms with Crippen LogP contribution in [0.2, 0.25) is 0 Å². The number of nitrogens with zero attached hydrogens (tertiary/aromatic N) is 3. The van der Waals surface area contributed by atoms with Crippen LogP contribution in [-0.2, 0) is 11.3 Å². The van der Waals surface area contributed by atoms with E-state index >= 15 is 0 Å². The molecule has 3 N–H and O–H groups in total. The molecule has 0 spiro atoms. The number of nitrogens with one attached hydrogen (secondary N) is 1. The summed E-state index contributed by atoms with van der Waals surface area (Å²) in [7, 11) is 1.67. The van der Waals surface area contributed by atoms with E-state index in [0.29, 0.717) is 24.4 Å². The summed E-state index contributed by atoms with van der Waals surface area (Å²) >= 11 is 0. The van der Waals surface area contributed by atoms with Gasteiger partial charge in [-0.1, -0.05) is 26.0 Å². The Labute approximate surface area is 226 Å². The minimum Gasteiger partial charge on any atom is -0.497 e. The average molecular weight is 522 g/mol. The van der Waals surface area contributed by atoms with Gasteiger partial charge >= 0.3 is 0 Å². The molecule has 206 valence electrons. The zero-order valence-corrected chi connectivity index (χ0v) is 23.0. The molecule has 2 atom stereocenters. The third-order valence-electron chi connectivity index (χ3n) is 7.83. The lowest BCUT2D eigenvalue weighted by atomic mass is 9.90. The molecule has 8 heteroatoms. The highest BCUT2D eigenvalue weighted by Gasteiger charge is 2.39. The Morgan fingerprint density at radius 2 is 1.87 bits per heavy atom. The molecular weight excluding hydrogens is 478 g/mol. The lowest BCUT2D eigenvalue weighted by molar-refractivity contribution is -0.128. The van der Waals surface area contributed by atoms with Crippen LogP contribution < -0.4 is 15.8 Å². The number of ether oxygens (including phenoxy) is 1. The van der Waals surface area contributed by atoms with Crippen molar-refractivity contribution in [2.24, 2.45) is 11.7 Å². The van der Waals surface area contributed by atoms with Gasteiger partial charge in [0.05, 0.1) is 12.7 Å². The highest BCUT2D eigenvalue weighted by molar-refractivity contribution is 5.97. The first-order valence-corrected chi connectivity index (χ1v) is 14.0. The van der Waals surface area contributed by atoms with Crippen molar-refractivity contribution >= 4 is 11.8 Å². The van der Waals surface area contributed by atoms with Crippen molar-refractivity contribution in [1.29, 1.82) is 0 Å². The SMILES string of the molecule is COc1ccc(CN(CC(C)C)C2CCN(C(=O)c3cccnc3)[C@@H](C(=O)NC3CCC(N)CC3)C2)cc1. The Kier molecular flexibility index (Phi) is 9.74. The molecule has 38 heavy (non-hydrogen) atoms. The number of amides is 2. The Hall–Kier alpha value is -2.97. The lowest BCUT2D eigenvalue weighted by Gasteiger charge is -2.44. The van der Waals surface area contributed by atoms with Gasteiger partial charge in [0.2, 0.25) is 5.91 Å². The van der Waals surface area contributed by atoms with Crippen molar-refractivity contribution in [3.63, 3.8) is 0 Å². The normalized spacial score (nSPS) is 23.9. The van der Waals surface area contributed by atoms with Gasteiger partial charge in [-0.05, 0) is 74.3 Å². The molecule has 1 aliphatic heterocycles. The molecule has 2 amide bonds. The molecule has 2 heterocycles. The first kappa shape index (κ1) is 28.0. The van der Waals surface area contributed by atoms with E-state index in [4.69, 9.17) is 10.5 Å². The van der Waals surface area contributed by atoms with Crippen LogP contribution >= 0.6 is 0 Å². The molecule has 1 aromatic heterocycles. The van der Waals surface area contributed by atoms with Crippen LogP contribution in [0.4, 0.5) is 0 Å². The van der Waals surface area contributed by atoms with Gasteiger partial charge in [-0.3, -0.25) is 19.5 Å². The van der Waals surface area contributed by atoms with E-state index in [9.17, 15) is 9.59 Å². The molecule has 0 bridgehead atoms. The highest BCUT2D eigenvalue weighted by atomic mass is 16.5. The fourth-order valence-corrected chi connectivity index (χ4v) is 5.76. The first-order valence-electron chi connectivity index (χ1n) is 14.0. The van der Waals surface area contributed by atoms with Crippen molar-refractivity contribution in [3.05, 3.63) is 59.9 Å². The zero-order valence-electron chi connectivity index (χ0n) is 23.0. The molecule has 1 saturated carbocycles. The van der Waals surface area contributed by atoms with Crippen molar-refractivity contribution in [3.8, 4) is 5.75 Å². The van der Waals surface area contributed by atoms with E-state index < -0.39 is 6.04 Å². The van der Waals surface area contributed by atoms with Crippen molar-refractivity contribution in [1.82, 2.24) is 20.1 Å². The van der Waals surface area contributed by atoms with Gasteiger partial charge in [0.15, 0.2) is 0 Å². The molecule has 1 unspecified atom stereocenters. The molecule has 2 fully saturated rings. The van der Waals surface area contributed by atoms with Crippen LogP contribution in [0.5, 0.6) is 5.75 Å². The van der Waals surface area contributed by atoms with Crippen LogP contribution in [-0.4, -0.2) is 71.0 Å². The van der Waals surface area contributed by atoms with E-state index in [1.54, 1.807) is 36.5 Å². The predicted octanol–water partition coefficient (Wildman–Crippen LogP) is 3.61. The Morgan fingerprint density at radius 1 is 1.13 bits per heavy atom. The molecule has 2 aromatic rings. The second-order valence-corrected chi connectivity index (χ2v) is 11.2. The van der Waals surface area contributed by atoms with E-state index in [1.165, 1.54) is 5.56 Å². The largest absolute Gasteiger partial charge is 0.497 e. The van der Waals surface area contributed by atoms with E-state index in [0.717, 1.165) is 50.9 Å². The van der Waals surface area contributed by atoms with E-state index in [1.807, 2.05) is 12.1 Å². The number of pyridine rings is 1. The fraction of sp³-hybridized carbons (Fsp3) is 0.567. The molecule has 8 nitrogen and oxygen atoms in total. The van der Waals surface area contributed by atoms with E-state index in [2.05, 4.69) is 41.2 Å². The van der Waals surface area contributed by atoms with Gasteiger partial charge in [0, 0.05) is 50.2 Å². The maximum atomic E-state index is 13.7. The minimum absolute atomic E-state index is 0.0543. The molecule has 1 aromatic carbocycles. The quantitative estimate of drug-likeness (QED) is 0.523. The molecule has 4 rings (SSSR count). The number of likely N-dealkylation sites (tertiary alicyclic amines) is 1. The van der Waals surface area contributed by atoms with Crippen LogP contribution in [0.25, 0.3) is 0 Å². The standard InChI is InChI=1S/C30H43N5O3/c1-21(2)19-34(20-22-6-12-27(38-3)13-7-22)26-14-16-35(30(37)23-5-4-15-32-18-23)28(17-26)29(36)33-25-10-8-24(31)9-11-25/h4-7,12-13,15,18,21,24-26,28H,8-11,14,16-17,19-20,31H2,1-3H3,(H,33,36)/t24?,25?,26?,28-/m1/s1. The average Bonchev–Trinajstić information content (AvgIpc) is 2.94. The molecule has 2 aliphatic rings. The van der Waals surface area contributed by atoms with Gasteiger partial charge in [0.25, 0.3) is 5.91 Å². The monoisotopic (exact) mass is 521 g/mol. The fourth-order valence-electron chi connectivity index (χ4n) is 5.76. The summed E-state index contributed by atoms with van der Waals surface area (Å²) in [6.45, 7) is 6.68. The first-order chi connectivity index (χ1) is 18.3. The summed E-state index contributed by atoms with van der Waals surface area (Å²) in [6, 6.07) is 11.7. The second-order valence-electron chi connectivity index (χ2n) is 11.2. The third-order valence-corrected chi connectivity index (χ3v) is 7.83. The highest BCUT2D eigenvalue weighted by Crippen LogP contribution is 2.27. The Balaban J connectivity index is 1.53. The number of nitrogens with two attached hydrogens (primary N) is 1. The maximum absolute atomic E-state index is 13.7. The number of carbonyl (C=O) groups is 2. The van der Waals surface area contributed by atoms with Crippen molar-refractivity contribution in [2.45, 2.75) is 83.1 Å². The number of carbonyl (C=O) groups excluding carboxylic acids is 2. The molecule has 1 saturated heterocycles. The maximum Gasteiger partial charge on any atom is 0.256 e. The van der Waals surface area contributed by atoms with Gasteiger partial charge < -0.3 is 20.7 Å². The lowest BCUT2D eigenvalue weighted by Crippen LogP contribution is -2.59. The Morgan fingerprint density at radius 3 is 2.50 bits per heavy atom. The summed E-state index contributed by atoms with van der Waals surface area (Å²) in [5.41, 5.74) is 7.81. The summed E-state index contributed by atoms with van der Waals surface area (Å²) in [5, 5.41) is 3.27. The van der Waals surface area contributed by atoms with E-state index in [-0.39, 0.29) is 29.9 Å². The second kappa shape index (κ2) is 13.2. The minimum atomic E-state index is -0.525. The molecular formula is C30H43N5O3. The summed E-state index contributed by atoms with van der Waals surface area (Å²) in [6.07, 6.45) is 8.27. The summed E-state index contributed by atoms with van der Waals surface area (Å²) in [4.78, 5) is 35.6. The number of aromatic nitrogens is 1. The number of methoxy groups -OCH3 is 1. The number of benzene rings is 1. The van der Waals surface area contributed by atoms with Crippen LogP contribution in [0.1, 0.15) is 68.3 Å². The molecule has 0 radical (unpaired) electrons. The van der Waals surface area contributed by atoms with Crippen LogP contribution in [0, 0.1) is 5.92 Å². The van der Waals surface area contributed by atoms with Crippen LogP contribution in [0.3, 0.4) is 0 Å². The van der Waals surface area contributed by atoms with Crippen LogP contribution in [0.15, 0.2) is 48.8 Å². The van der Waals surface area contributed by atoms with Crippen molar-refractivity contribution < 1.29 is 14.3 Å². The topological polar surface area (TPSA) is 101 Å². The summed E-state index contributed by atoms with van der Waals surface area (Å²) < 4.78 is 5.33.